The number of aliphatic carboxylic acids is 1. The molecule has 3 rings (SSSR count). The van der Waals surface area contributed by atoms with E-state index in [1.807, 2.05) is 0 Å². The lowest BCUT2D eigenvalue weighted by Crippen LogP contribution is -2.35. The van der Waals surface area contributed by atoms with Gasteiger partial charge in [-0.15, -0.1) is 11.8 Å². The van der Waals surface area contributed by atoms with Gasteiger partial charge in [-0.05, 0) is 50.9 Å². The quantitative estimate of drug-likeness (QED) is 0.166. The van der Waals surface area contributed by atoms with Crippen LogP contribution < -0.4 is 16.0 Å². The van der Waals surface area contributed by atoms with Crippen LogP contribution in [-0.2, 0) is 11.0 Å². The second-order valence-electron chi connectivity index (χ2n) is 10.1. The molecule has 0 spiro atoms. The number of halogens is 5. The highest BCUT2D eigenvalue weighted by Crippen LogP contribution is 2.34. The molecule has 2 unspecified atom stereocenters. The van der Waals surface area contributed by atoms with E-state index in [2.05, 4.69) is 37.7 Å². The van der Waals surface area contributed by atoms with Crippen molar-refractivity contribution in [1.82, 2.24) is 25.5 Å². The van der Waals surface area contributed by atoms with Crippen LogP contribution in [-0.4, -0.2) is 76.1 Å². The Hall–Kier alpha value is -3.46. The summed E-state index contributed by atoms with van der Waals surface area (Å²) in [7, 11) is 1.54. The lowest BCUT2D eigenvalue weighted by molar-refractivity contribution is -0.151. The third-order valence-electron chi connectivity index (χ3n) is 7.21. The van der Waals surface area contributed by atoms with Gasteiger partial charge in [0.2, 0.25) is 5.67 Å². The molecule has 2 atom stereocenters. The number of alkyl halides is 4. The largest absolute Gasteiger partial charge is 0.479 e. The fourth-order valence-electron chi connectivity index (χ4n) is 4.59. The molecule has 1 amide bonds. The van der Waals surface area contributed by atoms with Crippen LogP contribution >= 0.6 is 11.8 Å². The number of aromatic nitrogens is 2. The second-order valence-corrected chi connectivity index (χ2v) is 11.2. The van der Waals surface area contributed by atoms with Gasteiger partial charge in [0.1, 0.15) is 17.3 Å². The summed E-state index contributed by atoms with van der Waals surface area (Å²) in [5, 5.41) is 17.4. The second kappa shape index (κ2) is 14.8. The molecule has 236 valence electrons. The van der Waals surface area contributed by atoms with Crippen LogP contribution in [0.3, 0.4) is 0 Å². The molecule has 0 bridgehead atoms. The van der Waals surface area contributed by atoms with E-state index in [1.165, 1.54) is 31.1 Å². The van der Waals surface area contributed by atoms with E-state index in [4.69, 9.17) is 5.11 Å². The first kappa shape index (κ1) is 34.0. The van der Waals surface area contributed by atoms with Crippen molar-refractivity contribution in [2.75, 3.05) is 37.9 Å². The first-order chi connectivity index (χ1) is 20.3. The van der Waals surface area contributed by atoms with E-state index in [0.29, 0.717) is 23.2 Å². The van der Waals surface area contributed by atoms with Crippen molar-refractivity contribution in [3.63, 3.8) is 0 Å². The van der Waals surface area contributed by atoms with Crippen molar-refractivity contribution in [2.45, 2.75) is 57.4 Å². The average Bonchev–Trinajstić information content (AvgIpc) is 3.36. The fraction of sp³-hybridized carbons (Fsp3) is 0.500. The summed E-state index contributed by atoms with van der Waals surface area (Å²) in [5.41, 5.74) is -3.12. The first-order valence-electron chi connectivity index (χ1n) is 13.7. The molecule has 0 aliphatic carbocycles. The smallest absolute Gasteiger partial charge is 0.416 e. The predicted molar refractivity (Wildman–Crippen MR) is 154 cm³/mol. The molecule has 43 heavy (non-hydrogen) atoms. The maximum Gasteiger partial charge on any atom is 0.416 e. The van der Waals surface area contributed by atoms with Gasteiger partial charge in [-0.1, -0.05) is 6.92 Å². The van der Waals surface area contributed by atoms with Gasteiger partial charge in [-0.2, -0.15) is 13.2 Å². The van der Waals surface area contributed by atoms with Gasteiger partial charge < -0.3 is 21.1 Å². The number of amides is 1. The number of benzene rings is 1. The summed E-state index contributed by atoms with van der Waals surface area (Å²) in [4.78, 5) is 34.7. The molecular formula is C28H35F5N6O3S. The lowest BCUT2D eigenvalue weighted by Gasteiger charge is -2.25. The monoisotopic (exact) mass is 630 g/mol. The Morgan fingerprint density at radius 1 is 1.16 bits per heavy atom. The zero-order chi connectivity index (χ0) is 31.8. The van der Waals surface area contributed by atoms with E-state index >= 15 is 0 Å². The van der Waals surface area contributed by atoms with E-state index in [0.717, 1.165) is 31.5 Å². The normalized spacial score (nSPS) is 17.6. The van der Waals surface area contributed by atoms with Crippen LogP contribution in [0.25, 0.3) is 5.70 Å². The summed E-state index contributed by atoms with van der Waals surface area (Å²) in [5.74, 6) is -2.85. The molecule has 9 nitrogen and oxygen atoms in total. The summed E-state index contributed by atoms with van der Waals surface area (Å²) < 4.78 is 68.7. The standard InChI is InChI=1S/C28H35F5N6O3S/c1-4-27(30,26(41)42)7-8-35-23-14-36-21(13-37-23)25(40)38-16-43-22(15-39-9-5-6-17(39)2)24(34-3)18-10-19(28(31,32)33)12-20(29)11-18/h10-14,17,34H,4-9,15-16H2,1-3H3,(H,35,37)(H,38,40)(H,41,42)/b24-22-. The number of carboxylic acid groups (broad SMARTS) is 1. The lowest BCUT2D eigenvalue weighted by atomic mass is 9.99. The summed E-state index contributed by atoms with van der Waals surface area (Å²) in [6.45, 7) is 4.66. The van der Waals surface area contributed by atoms with Gasteiger partial charge >= 0.3 is 12.1 Å². The van der Waals surface area contributed by atoms with E-state index in [-0.39, 0.29) is 48.4 Å². The maximum absolute atomic E-state index is 14.3. The van der Waals surface area contributed by atoms with Crippen molar-refractivity contribution >= 4 is 35.2 Å². The van der Waals surface area contributed by atoms with Crippen LogP contribution in [0.1, 0.15) is 61.1 Å². The number of anilines is 1. The van der Waals surface area contributed by atoms with Crippen molar-refractivity contribution in [2.24, 2.45) is 0 Å². The van der Waals surface area contributed by atoms with Crippen molar-refractivity contribution in [1.29, 1.82) is 0 Å². The minimum absolute atomic E-state index is 0.0121. The highest BCUT2D eigenvalue weighted by atomic mass is 32.2. The number of nitrogens with zero attached hydrogens (tertiary/aromatic N) is 3. The third-order valence-corrected chi connectivity index (χ3v) is 8.18. The predicted octanol–water partition coefficient (Wildman–Crippen LogP) is 5.13. The van der Waals surface area contributed by atoms with E-state index in [1.54, 1.807) is 7.05 Å². The first-order valence-corrected chi connectivity index (χ1v) is 14.7. The fourth-order valence-corrected chi connectivity index (χ4v) is 5.59. The van der Waals surface area contributed by atoms with Crippen molar-refractivity contribution in [3.05, 3.63) is 58.1 Å². The molecule has 0 radical (unpaired) electrons. The molecule has 1 aliphatic rings. The molecule has 4 N–H and O–H groups in total. The number of carbonyl (C=O) groups excluding carboxylic acids is 1. The Labute approximate surface area is 250 Å². The third kappa shape index (κ3) is 9.26. The highest BCUT2D eigenvalue weighted by Gasteiger charge is 2.36. The van der Waals surface area contributed by atoms with Crippen LogP contribution in [0.15, 0.2) is 35.5 Å². The Balaban J connectivity index is 1.71. The summed E-state index contributed by atoms with van der Waals surface area (Å²) >= 11 is 1.20. The molecule has 15 heteroatoms. The number of rotatable bonds is 14. The van der Waals surface area contributed by atoms with Gasteiger partial charge in [0.15, 0.2) is 0 Å². The molecule has 0 saturated carbocycles. The molecule has 1 aromatic heterocycles. The Bertz CT molecular complexity index is 1310. The number of likely N-dealkylation sites (tertiary alicyclic amines) is 1. The van der Waals surface area contributed by atoms with Crippen LogP contribution in [0.4, 0.5) is 27.8 Å². The molecule has 2 aromatic rings. The maximum atomic E-state index is 14.3. The molecule has 1 aromatic carbocycles. The number of nitrogens with one attached hydrogen (secondary N) is 3. The SMILES string of the molecule is CCC(F)(CCNc1cnc(C(=O)NCS/C(CN2CCCC2C)=C(\NC)c2cc(F)cc(C(F)(F)F)c2)cn1)C(=O)O. The Kier molecular flexibility index (Phi) is 11.7. The van der Waals surface area contributed by atoms with E-state index < -0.39 is 35.1 Å². The molecule has 1 saturated heterocycles. The van der Waals surface area contributed by atoms with Gasteiger partial charge in [0.05, 0.1) is 29.5 Å². The highest BCUT2D eigenvalue weighted by molar-refractivity contribution is 8.03. The summed E-state index contributed by atoms with van der Waals surface area (Å²) in [6.07, 6.45) is -0.790. The number of hydrogen-bond donors (Lipinski definition) is 4. The minimum atomic E-state index is -4.72. The zero-order valence-electron chi connectivity index (χ0n) is 24.0. The van der Waals surface area contributed by atoms with Crippen LogP contribution in [0, 0.1) is 5.82 Å². The van der Waals surface area contributed by atoms with Gasteiger partial charge in [-0.3, -0.25) is 9.69 Å². The Morgan fingerprint density at radius 3 is 2.47 bits per heavy atom. The topological polar surface area (TPSA) is 119 Å². The number of thioether (sulfide) groups is 1. The summed E-state index contributed by atoms with van der Waals surface area (Å²) in [6, 6.07) is 2.63. The van der Waals surface area contributed by atoms with Crippen molar-refractivity contribution in [3.8, 4) is 0 Å². The number of carboxylic acids is 1. The molecular weight excluding hydrogens is 595 g/mol. The number of hydrogen-bond acceptors (Lipinski definition) is 8. The van der Waals surface area contributed by atoms with Gasteiger partial charge in [-0.25, -0.2) is 23.5 Å². The minimum Gasteiger partial charge on any atom is -0.479 e. The molecule has 1 aliphatic heterocycles. The van der Waals surface area contributed by atoms with E-state index in [9.17, 15) is 31.5 Å². The van der Waals surface area contributed by atoms with Gasteiger partial charge in [0.25, 0.3) is 5.91 Å². The average molecular weight is 631 g/mol. The van der Waals surface area contributed by atoms with Crippen molar-refractivity contribution < 1.29 is 36.6 Å². The zero-order valence-corrected chi connectivity index (χ0v) is 24.8. The molecule has 1 fully saturated rings. The molecule has 2 heterocycles. The Morgan fingerprint density at radius 2 is 1.91 bits per heavy atom. The number of carbonyl (C=O) groups is 2. The van der Waals surface area contributed by atoms with Gasteiger partial charge in [0, 0.05) is 43.1 Å². The van der Waals surface area contributed by atoms with Crippen LogP contribution in [0.2, 0.25) is 0 Å². The van der Waals surface area contributed by atoms with Crippen LogP contribution in [0.5, 0.6) is 0 Å².